The molecule has 2 aliphatic rings. The Kier molecular flexibility index (Phi) is 9.39. The van der Waals surface area contributed by atoms with Crippen molar-refractivity contribution < 1.29 is 13.5 Å². The van der Waals surface area contributed by atoms with Gasteiger partial charge in [-0.25, -0.2) is 8.78 Å². The molecule has 2 unspecified atom stereocenters. The molecule has 5 heteroatoms. The monoisotopic (exact) mass is 442 g/mol. The van der Waals surface area contributed by atoms with Crippen LogP contribution in [-0.2, 0) is 4.74 Å². The average Bonchev–Trinajstić information content (AvgIpc) is 2.64. The highest BCUT2D eigenvalue weighted by atomic mass is 35.5. The minimum Gasteiger partial charge on any atom is -0.372 e. The third-order valence-corrected chi connectivity index (χ3v) is 5.59. The third kappa shape index (κ3) is 8.24. The summed E-state index contributed by atoms with van der Waals surface area (Å²) in [7, 11) is 0. The maximum Gasteiger partial charge on any atom is 0.206 e. The predicted molar refractivity (Wildman–Crippen MR) is 120 cm³/mol. The standard InChI is InChI=1S/C24H30Cl2F2O/c1-3-5-7-9-19-11-13-23(25,27)15-21(19)17-29-18-22-16-24(26,28)14-12-20(22)10-8-6-4-2/h3-4,11-12,15-16H,1-2,5-10,13-14,17-18H2. The molecule has 1 nitrogen and oxygen atoms in total. The molecule has 0 saturated carbocycles. The summed E-state index contributed by atoms with van der Waals surface area (Å²) in [6, 6.07) is 0. The molecule has 0 N–H and O–H groups in total. The Morgan fingerprint density at radius 1 is 0.828 bits per heavy atom. The molecule has 160 valence electrons. The fraction of sp³-hybridized carbons (Fsp3) is 0.500. The Labute approximate surface area is 183 Å². The minimum atomic E-state index is -1.88. The number of alkyl halides is 4. The van der Waals surface area contributed by atoms with Crippen molar-refractivity contribution in [2.45, 2.75) is 61.6 Å². The maximum absolute atomic E-state index is 14.3. The van der Waals surface area contributed by atoms with Crippen molar-refractivity contribution in [1.29, 1.82) is 0 Å². The van der Waals surface area contributed by atoms with Crippen LogP contribution in [0.1, 0.15) is 51.4 Å². The molecule has 0 radical (unpaired) electrons. The van der Waals surface area contributed by atoms with E-state index in [2.05, 4.69) is 13.2 Å². The van der Waals surface area contributed by atoms with E-state index in [4.69, 9.17) is 27.9 Å². The summed E-state index contributed by atoms with van der Waals surface area (Å²) in [6.45, 7) is 7.91. The van der Waals surface area contributed by atoms with Crippen LogP contribution in [0.2, 0.25) is 0 Å². The normalized spacial score (nSPS) is 26.9. The molecule has 2 aliphatic carbocycles. The lowest BCUT2D eigenvalue weighted by Crippen LogP contribution is -2.20. The summed E-state index contributed by atoms with van der Waals surface area (Å²) in [5, 5.41) is -3.77. The van der Waals surface area contributed by atoms with Crippen LogP contribution in [0.4, 0.5) is 8.78 Å². The van der Waals surface area contributed by atoms with Crippen LogP contribution >= 0.6 is 23.2 Å². The second kappa shape index (κ2) is 11.3. The van der Waals surface area contributed by atoms with Crippen LogP contribution in [0.25, 0.3) is 0 Å². The topological polar surface area (TPSA) is 9.23 Å². The van der Waals surface area contributed by atoms with Crippen molar-refractivity contribution in [3.8, 4) is 0 Å². The van der Waals surface area contributed by atoms with Crippen molar-refractivity contribution in [2.75, 3.05) is 13.2 Å². The second-order valence-electron chi connectivity index (χ2n) is 7.58. The van der Waals surface area contributed by atoms with Gasteiger partial charge in [-0.2, -0.15) is 0 Å². The zero-order chi connectivity index (χ0) is 21.3. The fourth-order valence-corrected chi connectivity index (χ4v) is 3.95. The number of halogens is 4. The number of rotatable bonds is 12. The first kappa shape index (κ1) is 24.1. The summed E-state index contributed by atoms with van der Waals surface area (Å²) in [5.41, 5.74) is 3.61. The van der Waals surface area contributed by atoms with E-state index in [9.17, 15) is 8.78 Å². The molecular formula is C24H30Cl2F2O. The first-order valence-corrected chi connectivity index (χ1v) is 10.9. The van der Waals surface area contributed by atoms with Gasteiger partial charge in [0.05, 0.1) is 13.2 Å². The lowest BCUT2D eigenvalue weighted by molar-refractivity contribution is 0.177. The van der Waals surface area contributed by atoms with Crippen molar-refractivity contribution in [1.82, 2.24) is 0 Å². The average molecular weight is 443 g/mol. The van der Waals surface area contributed by atoms with E-state index in [0.29, 0.717) is 0 Å². The quantitative estimate of drug-likeness (QED) is 0.169. The smallest absolute Gasteiger partial charge is 0.206 e. The van der Waals surface area contributed by atoms with Crippen LogP contribution in [0.5, 0.6) is 0 Å². The van der Waals surface area contributed by atoms with Crippen molar-refractivity contribution in [2.24, 2.45) is 0 Å². The summed E-state index contributed by atoms with van der Waals surface area (Å²) >= 11 is 11.8. The molecule has 2 rings (SSSR count). The van der Waals surface area contributed by atoms with E-state index >= 15 is 0 Å². The molecular weight excluding hydrogens is 413 g/mol. The van der Waals surface area contributed by atoms with Gasteiger partial charge in [0.25, 0.3) is 0 Å². The number of unbranched alkanes of at least 4 members (excludes halogenated alkanes) is 2. The predicted octanol–water partition coefficient (Wildman–Crippen LogP) is 8.04. The largest absolute Gasteiger partial charge is 0.372 e. The fourth-order valence-electron chi connectivity index (χ4n) is 3.53. The molecule has 29 heavy (non-hydrogen) atoms. The summed E-state index contributed by atoms with van der Waals surface area (Å²) in [5.74, 6) is 0. The van der Waals surface area contributed by atoms with Crippen LogP contribution in [-0.4, -0.2) is 23.5 Å². The summed E-state index contributed by atoms with van der Waals surface area (Å²) < 4.78 is 34.4. The van der Waals surface area contributed by atoms with Gasteiger partial charge in [0.15, 0.2) is 0 Å². The Bertz CT molecular complexity index is 654. The lowest BCUT2D eigenvalue weighted by Gasteiger charge is -2.25. The molecule has 2 atom stereocenters. The molecule has 0 fully saturated rings. The number of hydrogen-bond acceptors (Lipinski definition) is 1. The molecule has 0 saturated heterocycles. The maximum atomic E-state index is 14.3. The van der Waals surface area contributed by atoms with Crippen LogP contribution in [0.15, 0.2) is 71.9 Å². The molecule has 0 bridgehead atoms. The highest BCUT2D eigenvalue weighted by Gasteiger charge is 2.29. The second-order valence-corrected chi connectivity index (χ2v) is 8.84. The Balaban J connectivity index is 2.00. The van der Waals surface area contributed by atoms with Crippen molar-refractivity contribution >= 4 is 23.2 Å². The van der Waals surface area contributed by atoms with E-state index in [1.54, 1.807) is 0 Å². The van der Waals surface area contributed by atoms with Crippen molar-refractivity contribution in [3.05, 3.63) is 71.9 Å². The minimum absolute atomic E-state index is 0.152. The van der Waals surface area contributed by atoms with E-state index in [-0.39, 0.29) is 26.1 Å². The van der Waals surface area contributed by atoms with Crippen molar-refractivity contribution in [3.63, 3.8) is 0 Å². The van der Waals surface area contributed by atoms with Crippen LogP contribution in [0.3, 0.4) is 0 Å². The van der Waals surface area contributed by atoms with Gasteiger partial charge in [-0.3, -0.25) is 0 Å². The van der Waals surface area contributed by atoms with Crippen LogP contribution < -0.4 is 0 Å². The zero-order valence-electron chi connectivity index (χ0n) is 16.9. The van der Waals surface area contributed by atoms with Gasteiger partial charge >= 0.3 is 0 Å². The molecule has 0 aromatic heterocycles. The molecule has 0 aliphatic heterocycles. The SMILES string of the molecule is C=CCCCC1=CCC(F)(Cl)C=C1COCC1=CC(F)(Cl)CC=C1CCCC=C. The Hall–Kier alpha value is -1.16. The van der Waals surface area contributed by atoms with E-state index in [1.165, 1.54) is 12.2 Å². The molecule has 0 aromatic carbocycles. The molecule has 0 aromatic rings. The van der Waals surface area contributed by atoms with Gasteiger partial charge in [-0.1, -0.05) is 47.5 Å². The van der Waals surface area contributed by atoms with Gasteiger partial charge in [0.1, 0.15) is 0 Å². The van der Waals surface area contributed by atoms with Gasteiger partial charge < -0.3 is 4.74 Å². The van der Waals surface area contributed by atoms with Crippen LogP contribution in [0, 0.1) is 0 Å². The highest BCUT2D eigenvalue weighted by molar-refractivity contribution is 6.24. The number of hydrogen-bond donors (Lipinski definition) is 0. The van der Waals surface area contributed by atoms with Gasteiger partial charge in [-0.15, -0.1) is 13.2 Å². The number of allylic oxidation sites excluding steroid dienone is 6. The number of ether oxygens (including phenoxy) is 1. The van der Waals surface area contributed by atoms with E-state index < -0.39 is 10.3 Å². The van der Waals surface area contributed by atoms with E-state index in [0.717, 1.165) is 60.8 Å². The molecule has 0 amide bonds. The summed E-state index contributed by atoms with van der Waals surface area (Å²) in [4.78, 5) is 0. The highest BCUT2D eigenvalue weighted by Crippen LogP contribution is 2.36. The van der Waals surface area contributed by atoms with Gasteiger partial charge in [0, 0.05) is 12.8 Å². The third-order valence-electron chi connectivity index (χ3n) is 5.06. The Morgan fingerprint density at radius 2 is 1.24 bits per heavy atom. The van der Waals surface area contributed by atoms with Gasteiger partial charge in [0.2, 0.25) is 10.3 Å². The zero-order valence-corrected chi connectivity index (χ0v) is 18.4. The van der Waals surface area contributed by atoms with Gasteiger partial charge in [-0.05, 0) is 73.0 Å². The first-order chi connectivity index (χ1) is 13.8. The molecule has 0 heterocycles. The summed E-state index contributed by atoms with van der Waals surface area (Å²) in [6.07, 6.45) is 15.9. The lowest BCUT2D eigenvalue weighted by atomic mass is 9.92. The Morgan fingerprint density at radius 3 is 1.62 bits per heavy atom. The van der Waals surface area contributed by atoms with E-state index in [1.807, 2.05) is 24.3 Å². The molecule has 0 spiro atoms. The first-order valence-electron chi connectivity index (χ1n) is 10.1.